The molecule has 1 aliphatic heterocycles. The van der Waals surface area contributed by atoms with Gasteiger partial charge in [-0.05, 0) is 32.8 Å². The summed E-state index contributed by atoms with van der Waals surface area (Å²) in [6, 6.07) is 1.44. The first-order valence-electron chi connectivity index (χ1n) is 10.00. The lowest BCUT2D eigenvalue weighted by molar-refractivity contribution is -0.147. The Bertz CT molecular complexity index is 1230. The Labute approximate surface area is 174 Å². The molecule has 0 N–H and O–H groups in total. The second kappa shape index (κ2) is 7.35. The predicted octanol–water partition coefficient (Wildman–Crippen LogP) is 4.61. The van der Waals surface area contributed by atoms with Crippen molar-refractivity contribution in [1.29, 1.82) is 0 Å². The van der Waals surface area contributed by atoms with E-state index in [2.05, 4.69) is 4.98 Å². The number of hydrogen-bond acceptors (Lipinski definition) is 4. The SMILES string of the molecule is CC(=O)N1CCC(c2cc(=O)c3cc(F)c4c(nc(C(F)(F)F)n4C(C)C)c3o2)CC1. The smallest absolute Gasteiger partial charge is 0.449 e. The number of likely N-dealkylation sites (tertiary alicyclic amines) is 1. The molecule has 10 heteroatoms. The van der Waals surface area contributed by atoms with Gasteiger partial charge < -0.3 is 13.9 Å². The van der Waals surface area contributed by atoms with Gasteiger partial charge in [0.25, 0.3) is 0 Å². The van der Waals surface area contributed by atoms with Crippen molar-refractivity contribution in [3.8, 4) is 0 Å². The maximum atomic E-state index is 14.8. The highest BCUT2D eigenvalue weighted by molar-refractivity contribution is 6.01. The van der Waals surface area contributed by atoms with Crippen molar-refractivity contribution in [2.75, 3.05) is 13.1 Å². The number of amides is 1. The van der Waals surface area contributed by atoms with Gasteiger partial charge in [0.05, 0.1) is 5.39 Å². The second-order valence-corrected chi connectivity index (χ2v) is 8.12. The topological polar surface area (TPSA) is 68.3 Å². The van der Waals surface area contributed by atoms with Crippen LogP contribution in [0.5, 0.6) is 0 Å². The summed E-state index contributed by atoms with van der Waals surface area (Å²) in [7, 11) is 0. The summed E-state index contributed by atoms with van der Waals surface area (Å²) in [5, 5.41) is -0.156. The van der Waals surface area contributed by atoms with E-state index in [1.807, 2.05) is 0 Å². The predicted molar refractivity (Wildman–Crippen MR) is 105 cm³/mol. The van der Waals surface area contributed by atoms with Gasteiger partial charge in [-0.2, -0.15) is 13.2 Å². The molecule has 1 aromatic carbocycles. The van der Waals surface area contributed by atoms with Crippen LogP contribution in [0.3, 0.4) is 0 Å². The number of halogens is 4. The number of imidazole rings is 1. The highest BCUT2D eigenvalue weighted by Gasteiger charge is 2.39. The minimum atomic E-state index is -4.81. The van der Waals surface area contributed by atoms with Crippen LogP contribution in [0.4, 0.5) is 17.6 Å². The molecule has 0 radical (unpaired) electrons. The lowest BCUT2D eigenvalue weighted by atomic mass is 9.93. The van der Waals surface area contributed by atoms with Crippen molar-refractivity contribution in [2.24, 2.45) is 0 Å². The molecular weight excluding hydrogens is 418 g/mol. The summed E-state index contributed by atoms with van der Waals surface area (Å²) in [6.07, 6.45) is -3.71. The molecule has 0 bridgehead atoms. The highest BCUT2D eigenvalue weighted by atomic mass is 19.4. The van der Waals surface area contributed by atoms with E-state index >= 15 is 0 Å². The molecule has 3 aromatic rings. The molecule has 166 valence electrons. The van der Waals surface area contributed by atoms with Gasteiger partial charge in [-0.25, -0.2) is 9.37 Å². The fraction of sp³-hybridized carbons (Fsp3) is 0.476. The number of hydrogen-bond donors (Lipinski definition) is 0. The molecule has 4 rings (SSSR count). The fourth-order valence-corrected chi connectivity index (χ4v) is 4.23. The molecule has 0 spiro atoms. The molecule has 6 nitrogen and oxygen atoms in total. The summed E-state index contributed by atoms with van der Waals surface area (Å²) >= 11 is 0. The molecule has 31 heavy (non-hydrogen) atoms. The molecule has 3 heterocycles. The minimum absolute atomic E-state index is 0.0468. The number of fused-ring (bicyclic) bond motifs is 3. The normalized spacial score (nSPS) is 16.1. The van der Waals surface area contributed by atoms with Crippen LogP contribution < -0.4 is 5.43 Å². The summed E-state index contributed by atoms with van der Waals surface area (Å²) in [5.74, 6) is -2.13. The Kier molecular flexibility index (Phi) is 5.06. The Balaban J connectivity index is 1.93. The molecule has 1 aliphatic rings. The van der Waals surface area contributed by atoms with Crippen molar-refractivity contribution >= 4 is 27.9 Å². The number of piperidine rings is 1. The van der Waals surface area contributed by atoms with Gasteiger partial charge in [-0.3, -0.25) is 9.59 Å². The Morgan fingerprint density at radius 3 is 2.42 bits per heavy atom. The van der Waals surface area contributed by atoms with Crippen LogP contribution in [0.2, 0.25) is 0 Å². The summed E-state index contributed by atoms with van der Waals surface area (Å²) < 4.78 is 62.3. The van der Waals surface area contributed by atoms with Crippen LogP contribution in [0.25, 0.3) is 22.0 Å². The van der Waals surface area contributed by atoms with Gasteiger partial charge in [-0.1, -0.05) is 0 Å². The number of carbonyl (C=O) groups excluding carboxylic acids is 1. The van der Waals surface area contributed by atoms with Crippen molar-refractivity contribution in [1.82, 2.24) is 14.5 Å². The maximum absolute atomic E-state index is 14.8. The second-order valence-electron chi connectivity index (χ2n) is 8.12. The molecule has 1 fully saturated rings. The van der Waals surface area contributed by atoms with E-state index in [0.717, 1.165) is 10.6 Å². The van der Waals surface area contributed by atoms with E-state index < -0.39 is 29.3 Å². The van der Waals surface area contributed by atoms with E-state index in [4.69, 9.17) is 4.42 Å². The zero-order valence-corrected chi connectivity index (χ0v) is 17.2. The van der Waals surface area contributed by atoms with Crippen LogP contribution in [0.15, 0.2) is 21.3 Å². The Morgan fingerprint density at radius 2 is 1.87 bits per heavy atom. The van der Waals surface area contributed by atoms with E-state index in [1.54, 1.807) is 4.90 Å². The lowest BCUT2D eigenvalue weighted by Gasteiger charge is -2.30. The third-order valence-corrected chi connectivity index (χ3v) is 5.74. The third-order valence-electron chi connectivity index (χ3n) is 5.74. The number of rotatable bonds is 2. The monoisotopic (exact) mass is 439 g/mol. The zero-order chi connectivity index (χ0) is 22.7. The molecule has 0 aliphatic carbocycles. The molecule has 0 atom stereocenters. The molecule has 1 amide bonds. The standard InChI is InChI=1S/C21H21F4N3O3/c1-10(2)28-18-14(22)8-13-15(30)9-16(12-4-6-27(7-5-12)11(3)29)31-19(13)17(18)26-20(28)21(23,24)25/h8-10,12H,4-7H2,1-3H3. The van der Waals surface area contributed by atoms with Crippen molar-refractivity contribution in [3.63, 3.8) is 0 Å². The van der Waals surface area contributed by atoms with Crippen LogP contribution in [-0.2, 0) is 11.0 Å². The summed E-state index contributed by atoms with van der Waals surface area (Å²) in [6.45, 7) is 5.44. The Morgan fingerprint density at radius 1 is 1.23 bits per heavy atom. The fourth-order valence-electron chi connectivity index (χ4n) is 4.23. The summed E-state index contributed by atoms with van der Waals surface area (Å²) in [5.41, 5.74) is -1.37. The van der Waals surface area contributed by atoms with Crippen molar-refractivity contribution in [3.05, 3.63) is 39.8 Å². The lowest BCUT2D eigenvalue weighted by Crippen LogP contribution is -2.36. The quantitative estimate of drug-likeness (QED) is 0.547. The largest absolute Gasteiger partial charge is 0.458 e. The molecule has 2 aromatic heterocycles. The van der Waals surface area contributed by atoms with E-state index in [1.165, 1.54) is 26.8 Å². The number of carbonyl (C=O) groups is 1. The molecule has 0 unspecified atom stereocenters. The molecule has 1 saturated heterocycles. The van der Waals surface area contributed by atoms with Crippen molar-refractivity contribution in [2.45, 2.75) is 51.7 Å². The molecule has 0 saturated carbocycles. The molecular formula is C21H21F4N3O3. The van der Waals surface area contributed by atoms with E-state index in [-0.39, 0.29) is 33.8 Å². The average Bonchev–Trinajstić information content (AvgIpc) is 3.11. The first kappa shape index (κ1) is 21.3. The zero-order valence-electron chi connectivity index (χ0n) is 17.2. The van der Waals surface area contributed by atoms with Crippen LogP contribution >= 0.6 is 0 Å². The average molecular weight is 439 g/mol. The highest BCUT2D eigenvalue weighted by Crippen LogP contribution is 2.38. The van der Waals surface area contributed by atoms with Crippen LogP contribution in [-0.4, -0.2) is 33.4 Å². The maximum Gasteiger partial charge on any atom is 0.449 e. The van der Waals surface area contributed by atoms with Crippen molar-refractivity contribution < 1.29 is 26.8 Å². The summed E-state index contributed by atoms with van der Waals surface area (Å²) in [4.78, 5) is 29.6. The van der Waals surface area contributed by atoms with E-state index in [0.29, 0.717) is 31.7 Å². The number of aromatic nitrogens is 2. The van der Waals surface area contributed by atoms with Crippen LogP contribution in [0.1, 0.15) is 57.2 Å². The van der Waals surface area contributed by atoms with Gasteiger partial charge >= 0.3 is 6.18 Å². The minimum Gasteiger partial charge on any atom is -0.458 e. The van der Waals surface area contributed by atoms with Gasteiger partial charge in [0.1, 0.15) is 22.6 Å². The van der Waals surface area contributed by atoms with Gasteiger partial charge in [0.15, 0.2) is 11.0 Å². The number of nitrogens with zero attached hydrogens (tertiary/aromatic N) is 3. The first-order valence-corrected chi connectivity index (χ1v) is 10.00. The number of alkyl halides is 3. The first-order chi connectivity index (χ1) is 14.5. The Hall–Kier alpha value is -2.91. The van der Waals surface area contributed by atoms with E-state index in [9.17, 15) is 27.2 Å². The van der Waals surface area contributed by atoms with Gasteiger partial charge in [-0.15, -0.1) is 0 Å². The number of benzene rings is 1. The van der Waals surface area contributed by atoms with Gasteiger partial charge in [0, 0.05) is 38.0 Å². The third kappa shape index (κ3) is 3.57. The van der Waals surface area contributed by atoms with Gasteiger partial charge in [0.2, 0.25) is 11.7 Å². The van der Waals surface area contributed by atoms with Crippen LogP contribution in [0, 0.1) is 5.82 Å².